The molecule has 2 N–H and O–H groups in total. The monoisotopic (exact) mass is 247 g/mol. The molecule has 0 atom stereocenters. The first-order valence-electron chi connectivity index (χ1n) is 5.34. The molecule has 0 saturated carbocycles. The van der Waals surface area contributed by atoms with E-state index in [4.69, 9.17) is 14.9 Å². The Hall–Kier alpha value is -2.43. The standard InChI is InChI=1S/C13H13NO4/c1-16-13(15)12-7-6-11(18-12)8-17-10-4-2-9(14)3-5-10/h2-7H,8,14H2,1H3. The van der Waals surface area contributed by atoms with Crippen LogP contribution in [0.4, 0.5) is 5.69 Å². The van der Waals surface area contributed by atoms with Crippen LogP contribution in [-0.2, 0) is 11.3 Å². The van der Waals surface area contributed by atoms with Gasteiger partial charge in [-0.3, -0.25) is 0 Å². The molecule has 0 unspecified atom stereocenters. The zero-order valence-corrected chi connectivity index (χ0v) is 9.88. The second-order valence-electron chi connectivity index (χ2n) is 3.62. The molecule has 0 amide bonds. The van der Waals surface area contributed by atoms with Gasteiger partial charge in [-0.05, 0) is 36.4 Å². The molecule has 0 aliphatic heterocycles. The minimum absolute atomic E-state index is 0.161. The third-order valence-corrected chi connectivity index (χ3v) is 2.31. The van der Waals surface area contributed by atoms with Crippen LogP contribution in [0, 0.1) is 0 Å². The van der Waals surface area contributed by atoms with E-state index >= 15 is 0 Å². The number of nitrogens with two attached hydrogens (primary N) is 1. The van der Waals surface area contributed by atoms with Gasteiger partial charge in [-0.1, -0.05) is 0 Å². The number of carbonyl (C=O) groups is 1. The lowest BCUT2D eigenvalue weighted by Gasteiger charge is -2.04. The molecule has 0 bridgehead atoms. The minimum atomic E-state index is -0.506. The highest BCUT2D eigenvalue weighted by molar-refractivity contribution is 5.86. The summed E-state index contributed by atoms with van der Waals surface area (Å²) in [7, 11) is 1.30. The molecule has 2 rings (SSSR count). The zero-order valence-electron chi connectivity index (χ0n) is 9.88. The highest BCUT2D eigenvalue weighted by Gasteiger charge is 2.11. The Bertz CT molecular complexity index is 530. The number of anilines is 1. The van der Waals surface area contributed by atoms with E-state index in [0.29, 0.717) is 17.2 Å². The van der Waals surface area contributed by atoms with Crippen molar-refractivity contribution in [2.45, 2.75) is 6.61 Å². The Kier molecular flexibility index (Phi) is 3.52. The lowest BCUT2D eigenvalue weighted by Crippen LogP contribution is -1.99. The summed E-state index contributed by atoms with van der Waals surface area (Å²) in [6.07, 6.45) is 0. The number of nitrogen functional groups attached to an aromatic ring is 1. The normalized spacial score (nSPS) is 10.1. The van der Waals surface area contributed by atoms with Crippen molar-refractivity contribution in [2.24, 2.45) is 0 Å². The van der Waals surface area contributed by atoms with Crippen LogP contribution in [0.15, 0.2) is 40.8 Å². The fourth-order valence-electron chi connectivity index (χ4n) is 1.38. The number of furan rings is 1. The third-order valence-electron chi connectivity index (χ3n) is 2.31. The van der Waals surface area contributed by atoms with Crippen molar-refractivity contribution in [3.05, 3.63) is 47.9 Å². The molecule has 18 heavy (non-hydrogen) atoms. The number of hydrogen-bond acceptors (Lipinski definition) is 5. The smallest absolute Gasteiger partial charge is 0.373 e. The number of carbonyl (C=O) groups excluding carboxylic acids is 1. The van der Waals surface area contributed by atoms with E-state index in [9.17, 15) is 4.79 Å². The van der Waals surface area contributed by atoms with Crippen LogP contribution in [0.3, 0.4) is 0 Å². The summed E-state index contributed by atoms with van der Waals surface area (Å²) in [6, 6.07) is 10.2. The first kappa shape index (κ1) is 12.0. The number of esters is 1. The molecule has 0 saturated heterocycles. The van der Waals surface area contributed by atoms with Crippen molar-refractivity contribution in [3.8, 4) is 5.75 Å². The van der Waals surface area contributed by atoms with Crippen LogP contribution < -0.4 is 10.5 Å². The first-order valence-corrected chi connectivity index (χ1v) is 5.34. The van der Waals surface area contributed by atoms with Crippen molar-refractivity contribution in [1.29, 1.82) is 0 Å². The minimum Gasteiger partial charge on any atom is -0.486 e. The number of benzene rings is 1. The van der Waals surface area contributed by atoms with E-state index in [-0.39, 0.29) is 12.4 Å². The molecule has 5 nitrogen and oxygen atoms in total. The number of methoxy groups -OCH3 is 1. The maximum absolute atomic E-state index is 11.2. The predicted molar refractivity (Wildman–Crippen MR) is 65.2 cm³/mol. The lowest BCUT2D eigenvalue weighted by atomic mass is 10.3. The largest absolute Gasteiger partial charge is 0.486 e. The molecule has 0 spiro atoms. The Balaban J connectivity index is 1.96. The molecule has 1 aromatic carbocycles. The van der Waals surface area contributed by atoms with Gasteiger partial charge in [0.05, 0.1) is 7.11 Å². The van der Waals surface area contributed by atoms with Crippen molar-refractivity contribution < 1.29 is 18.7 Å². The number of ether oxygens (including phenoxy) is 2. The van der Waals surface area contributed by atoms with Crippen LogP contribution in [0.5, 0.6) is 5.75 Å². The van der Waals surface area contributed by atoms with Gasteiger partial charge in [0.1, 0.15) is 18.1 Å². The second kappa shape index (κ2) is 5.27. The lowest BCUT2D eigenvalue weighted by molar-refractivity contribution is 0.0561. The summed E-state index contributed by atoms with van der Waals surface area (Å²) < 4.78 is 15.3. The summed E-state index contributed by atoms with van der Waals surface area (Å²) in [5.41, 5.74) is 6.23. The summed E-state index contributed by atoms with van der Waals surface area (Å²) in [5, 5.41) is 0. The molecule has 0 radical (unpaired) electrons. The van der Waals surface area contributed by atoms with Crippen LogP contribution in [0.2, 0.25) is 0 Å². The maximum Gasteiger partial charge on any atom is 0.373 e. The molecule has 0 aliphatic rings. The highest BCUT2D eigenvalue weighted by Crippen LogP contribution is 2.16. The van der Waals surface area contributed by atoms with Crippen molar-refractivity contribution in [2.75, 3.05) is 12.8 Å². The third kappa shape index (κ3) is 2.82. The van der Waals surface area contributed by atoms with Crippen LogP contribution in [-0.4, -0.2) is 13.1 Å². The zero-order chi connectivity index (χ0) is 13.0. The summed E-state index contributed by atoms with van der Waals surface area (Å²) in [5.74, 6) is 0.884. The SMILES string of the molecule is COC(=O)c1ccc(COc2ccc(N)cc2)o1. The van der Waals surface area contributed by atoms with Gasteiger partial charge in [-0.2, -0.15) is 0 Å². The fraction of sp³-hybridized carbons (Fsp3) is 0.154. The average molecular weight is 247 g/mol. The van der Waals surface area contributed by atoms with E-state index in [0.717, 1.165) is 0 Å². The molecular weight excluding hydrogens is 234 g/mol. The van der Waals surface area contributed by atoms with Gasteiger partial charge in [0.25, 0.3) is 0 Å². The van der Waals surface area contributed by atoms with E-state index in [2.05, 4.69) is 4.74 Å². The Morgan fingerprint density at radius 3 is 2.61 bits per heavy atom. The highest BCUT2D eigenvalue weighted by atomic mass is 16.5. The maximum atomic E-state index is 11.2. The quantitative estimate of drug-likeness (QED) is 0.662. The summed E-state index contributed by atoms with van der Waals surface area (Å²) in [6.45, 7) is 0.237. The van der Waals surface area contributed by atoms with Gasteiger partial charge in [0.15, 0.2) is 0 Å². The molecule has 2 aromatic rings. The Morgan fingerprint density at radius 2 is 1.94 bits per heavy atom. The fourth-order valence-corrected chi connectivity index (χ4v) is 1.38. The van der Waals surface area contributed by atoms with Crippen LogP contribution >= 0.6 is 0 Å². The van der Waals surface area contributed by atoms with Gasteiger partial charge in [-0.25, -0.2) is 4.79 Å². The van der Waals surface area contributed by atoms with E-state index < -0.39 is 5.97 Å². The molecule has 0 fully saturated rings. The van der Waals surface area contributed by atoms with Crippen LogP contribution in [0.1, 0.15) is 16.3 Å². The topological polar surface area (TPSA) is 74.7 Å². The predicted octanol–water partition coefficient (Wildman–Crippen LogP) is 2.23. The van der Waals surface area contributed by atoms with Gasteiger partial charge >= 0.3 is 5.97 Å². The van der Waals surface area contributed by atoms with Crippen molar-refractivity contribution in [3.63, 3.8) is 0 Å². The molecule has 5 heteroatoms. The number of rotatable bonds is 4. The molecule has 94 valence electrons. The van der Waals surface area contributed by atoms with Crippen molar-refractivity contribution >= 4 is 11.7 Å². The first-order chi connectivity index (χ1) is 8.69. The Labute approximate surface area is 104 Å². The van der Waals surface area contributed by atoms with Gasteiger partial charge in [-0.15, -0.1) is 0 Å². The van der Waals surface area contributed by atoms with Gasteiger partial charge < -0.3 is 19.6 Å². The van der Waals surface area contributed by atoms with Gasteiger partial charge in [0.2, 0.25) is 5.76 Å². The van der Waals surface area contributed by atoms with E-state index in [1.165, 1.54) is 7.11 Å². The number of hydrogen-bond donors (Lipinski definition) is 1. The second-order valence-corrected chi connectivity index (χ2v) is 3.62. The van der Waals surface area contributed by atoms with Crippen molar-refractivity contribution in [1.82, 2.24) is 0 Å². The van der Waals surface area contributed by atoms with Crippen LogP contribution in [0.25, 0.3) is 0 Å². The molecule has 1 heterocycles. The Morgan fingerprint density at radius 1 is 1.22 bits per heavy atom. The van der Waals surface area contributed by atoms with E-state index in [1.54, 1.807) is 36.4 Å². The molecule has 1 aromatic heterocycles. The van der Waals surface area contributed by atoms with E-state index in [1.807, 2.05) is 0 Å². The molecular formula is C13H13NO4. The summed E-state index contributed by atoms with van der Waals surface area (Å²) in [4.78, 5) is 11.2. The summed E-state index contributed by atoms with van der Waals surface area (Å²) >= 11 is 0. The van der Waals surface area contributed by atoms with Gasteiger partial charge in [0, 0.05) is 5.69 Å². The molecule has 0 aliphatic carbocycles. The average Bonchev–Trinajstić information content (AvgIpc) is 2.86.